The number of nitrogens with one attached hydrogen (secondary N) is 1. The first kappa shape index (κ1) is 14.5. The molecule has 20 heavy (non-hydrogen) atoms. The summed E-state index contributed by atoms with van der Waals surface area (Å²) in [6.07, 6.45) is 3.58. The highest BCUT2D eigenvalue weighted by Crippen LogP contribution is 2.39. The van der Waals surface area contributed by atoms with Crippen molar-refractivity contribution in [1.29, 1.82) is 0 Å². The number of hydrogen-bond acceptors (Lipinski definition) is 4. The Bertz CT molecular complexity index is 578. The Morgan fingerprint density at radius 1 is 1.45 bits per heavy atom. The van der Waals surface area contributed by atoms with Gasteiger partial charge in [-0.15, -0.1) is 11.3 Å². The lowest BCUT2D eigenvalue weighted by atomic mass is 10.3. The molecule has 2 unspecified atom stereocenters. The largest absolute Gasteiger partial charge is 0.309 e. The Kier molecular flexibility index (Phi) is 3.92. The zero-order valence-corrected chi connectivity index (χ0v) is 13.6. The highest BCUT2D eigenvalue weighted by molar-refractivity contribution is 7.89. The maximum atomic E-state index is 12.6. The summed E-state index contributed by atoms with van der Waals surface area (Å²) in [5.41, 5.74) is 0. The summed E-state index contributed by atoms with van der Waals surface area (Å²) in [5, 5.41) is 5.28. The third-order valence-electron chi connectivity index (χ3n) is 4.29. The predicted octanol–water partition coefficient (Wildman–Crippen LogP) is 2.28. The second kappa shape index (κ2) is 5.40. The lowest BCUT2D eigenvalue weighted by Gasteiger charge is -2.17. The molecule has 3 rings (SSSR count). The van der Waals surface area contributed by atoms with Gasteiger partial charge in [-0.25, -0.2) is 12.7 Å². The fourth-order valence-corrected chi connectivity index (χ4v) is 5.05. The Morgan fingerprint density at radius 3 is 2.75 bits per heavy atom. The van der Waals surface area contributed by atoms with Crippen LogP contribution >= 0.6 is 11.3 Å². The molecular formula is C14H22N2O2S2. The van der Waals surface area contributed by atoms with E-state index in [4.69, 9.17) is 0 Å². The maximum Gasteiger partial charge on any atom is 0.243 e. The van der Waals surface area contributed by atoms with Gasteiger partial charge in [0, 0.05) is 31.1 Å². The second-order valence-corrected chi connectivity index (χ2v) is 9.14. The van der Waals surface area contributed by atoms with E-state index in [1.165, 1.54) is 28.5 Å². The van der Waals surface area contributed by atoms with Crippen LogP contribution in [0.1, 0.15) is 31.1 Å². The molecule has 0 aromatic carbocycles. The van der Waals surface area contributed by atoms with Crippen molar-refractivity contribution in [2.75, 3.05) is 13.6 Å². The van der Waals surface area contributed by atoms with Crippen LogP contribution in [0, 0.1) is 11.8 Å². The summed E-state index contributed by atoms with van der Waals surface area (Å²) < 4.78 is 26.8. The third kappa shape index (κ3) is 3.08. The molecule has 0 saturated heterocycles. The average molecular weight is 314 g/mol. The first-order valence-electron chi connectivity index (χ1n) is 7.24. The summed E-state index contributed by atoms with van der Waals surface area (Å²) in [6.45, 7) is 3.50. The molecule has 1 aromatic heterocycles. The van der Waals surface area contributed by atoms with E-state index in [0.717, 1.165) is 11.3 Å². The van der Waals surface area contributed by atoms with Crippen LogP contribution in [0.5, 0.6) is 0 Å². The third-order valence-corrected chi connectivity index (χ3v) is 7.25. The molecule has 6 heteroatoms. The van der Waals surface area contributed by atoms with E-state index in [1.807, 2.05) is 5.38 Å². The minimum Gasteiger partial charge on any atom is -0.309 e. The van der Waals surface area contributed by atoms with Gasteiger partial charge in [0.2, 0.25) is 10.0 Å². The Morgan fingerprint density at radius 2 is 2.15 bits per heavy atom. The highest BCUT2D eigenvalue weighted by Gasteiger charge is 2.36. The molecule has 2 saturated carbocycles. The van der Waals surface area contributed by atoms with Crippen molar-refractivity contribution in [3.05, 3.63) is 16.3 Å². The fourth-order valence-electron chi connectivity index (χ4n) is 2.46. The molecule has 1 heterocycles. The standard InChI is InChI=1S/C14H22N2O2S2/c1-10-7-11(10)9-16(2)20(17,18)14-5-6-19-13(14)8-15-12-3-4-12/h5-6,10-12,15H,3-4,7-9H2,1-2H3. The number of sulfonamides is 1. The fraction of sp³-hybridized carbons (Fsp3) is 0.714. The van der Waals surface area contributed by atoms with Crippen LogP contribution in [0.2, 0.25) is 0 Å². The topological polar surface area (TPSA) is 49.4 Å². The highest BCUT2D eigenvalue weighted by atomic mass is 32.2. The van der Waals surface area contributed by atoms with Gasteiger partial charge in [0.1, 0.15) is 0 Å². The van der Waals surface area contributed by atoms with E-state index in [-0.39, 0.29) is 0 Å². The van der Waals surface area contributed by atoms with Crippen molar-refractivity contribution in [2.24, 2.45) is 11.8 Å². The van der Waals surface area contributed by atoms with E-state index in [2.05, 4.69) is 12.2 Å². The molecule has 0 amide bonds. The van der Waals surface area contributed by atoms with Crippen molar-refractivity contribution in [3.8, 4) is 0 Å². The van der Waals surface area contributed by atoms with E-state index in [1.54, 1.807) is 13.1 Å². The van der Waals surface area contributed by atoms with Crippen LogP contribution in [-0.2, 0) is 16.6 Å². The van der Waals surface area contributed by atoms with Gasteiger partial charge in [-0.05, 0) is 42.5 Å². The van der Waals surface area contributed by atoms with Gasteiger partial charge in [0.25, 0.3) is 0 Å². The van der Waals surface area contributed by atoms with E-state index < -0.39 is 10.0 Å². The zero-order valence-electron chi connectivity index (χ0n) is 12.0. The Hall–Kier alpha value is -0.430. The molecule has 4 nitrogen and oxygen atoms in total. The first-order valence-corrected chi connectivity index (χ1v) is 9.56. The molecule has 0 radical (unpaired) electrons. The Balaban J connectivity index is 1.70. The smallest absolute Gasteiger partial charge is 0.243 e. The summed E-state index contributed by atoms with van der Waals surface area (Å²) >= 11 is 1.53. The minimum atomic E-state index is -3.33. The normalized spacial score (nSPS) is 26.1. The molecule has 0 spiro atoms. The minimum absolute atomic E-state index is 0.492. The second-order valence-electron chi connectivity index (χ2n) is 6.12. The van der Waals surface area contributed by atoms with E-state index >= 15 is 0 Å². The molecule has 112 valence electrons. The summed E-state index contributed by atoms with van der Waals surface area (Å²) in [4.78, 5) is 1.43. The van der Waals surface area contributed by atoms with Gasteiger partial charge in [0.05, 0.1) is 4.90 Å². The molecule has 1 aromatic rings. The average Bonchev–Trinajstić information content (AvgIpc) is 3.29. The molecule has 2 aliphatic rings. The molecule has 0 aliphatic heterocycles. The van der Waals surface area contributed by atoms with Gasteiger partial charge >= 0.3 is 0 Å². The monoisotopic (exact) mass is 314 g/mol. The van der Waals surface area contributed by atoms with Crippen molar-refractivity contribution in [2.45, 2.75) is 43.7 Å². The van der Waals surface area contributed by atoms with Gasteiger partial charge in [0.15, 0.2) is 0 Å². The maximum absolute atomic E-state index is 12.6. The summed E-state index contributed by atoms with van der Waals surface area (Å²) in [6, 6.07) is 2.34. The molecule has 2 fully saturated rings. The molecule has 2 atom stereocenters. The van der Waals surface area contributed by atoms with Gasteiger partial charge < -0.3 is 5.32 Å². The SMILES string of the molecule is CC1CC1CN(C)S(=O)(=O)c1ccsc1CNC1CC1. The quantitative estimate of drug-likeness (QED) is 0.840. The van der Waals surface area contributed by atoms with Gasteiger partial charge in [-0.1, -0.05) is 6.92 Å². The van der Waals surface area contributed by atoms with Crippen molar-refractivity contribution in [1.82, 2.24) is 9.62 Å². The van der Waals surface area contributed by atoms with Crippen LogP contribution in [0.3, 0.4) is 0 Å². The van der Waals surface area contributed by atoms with Crippen LogP contribution < -0.4 is 5.32 Å². The number of thiophene rings is 1. The van der Waals surface area contributed by atoms with Crippen LogP contribution in [0.4, 0.5) is 0 Å². The molecule has 1 N–H and O–H groups in total. The number of nitrogens with zero attached hydrogens (tertiary/aromatic N) is 1. The molecule has 0 bridgehead atoms. The lowest BCUT2D eigenvalue weighted by molar-refractivity contribution is 0.444. The molecular weight excluding hydrogens is 292 g/mol. The Labute approximate surface area is 125 Å². The van der Waals surface area contributed by atoms with Crippen molar-refractivity contribution < 1.29 is 8.42 Å². The van der Waals surface area contributed by atoms with Crippen LogP contribution in [0.25, 0.3) is 0 Å². The van der Waals surface area contributed by atoms with E-state index in [0.29, 0.717) is 35.9 Å². The van der Waals surface area contributed by atoms with Crippen molar-refractivity contribution in [3.63, 3.8) is 0 Å². The summed E-state index contributed by atoms with van der Waals surface area (Å²) in [5.74, 6) is 1.22. The van der Waals surface area contributed by atoms with Gasteiger partial charge in [-0.3, -0.25) is 0 Å². The van der Waals surface area contributed by atoms with E-state index in [9.17, 15) is 8.42 Å². The van der Waals surface area contributed by atoms with Crippen LogP contribution in [0.15, 0.2) is 16.3 Å². The number of hydrogen-bond donors (Lipinski definition) is 1. The summed E-state index contributed by atoms with van der Waals surface area (Å²) in [7, 11) is -1.62. The van der Waals surface area contributed by atoms with Crippen LogP contribution in [-0.4, -0.2) is 32.4 Å². The number of rotatable bonds is 7. The first-order chi connectivity index (χ1) is 9.48. The van der Waals surface area contributed by atoms with Crippen molar-refractivity contribution >= 4 is 21.4 Å². The lowest BCUT2D eigenvalue weighted by Crippen LogP contribution is -2.30. The zero-order chi connectivity index (χ0) is 14.3. The van der Waals surface area contributed by atoms with Gasteiger partial charge in [-0.2, -0.15) is 0 Å². The molecule has 2 aliphatic carbocycles. The predicted molar refractivity (Wildman–Crippen MR) is 81.3 cm³/mol.